The van der Waals surface area contributed by atoms with Crippen molar-refractivity contribution in [3.05, 3.63) is 89.7 Å². The highest BCUT2D eigenvalue weighted by Gasteiger charge is 2.21. The Hall–Kier alpha value is -3.91. The quantitative estimate of drug-likeness (QED) is 0.528. The summed E-state index contributed by atoms with van der Waals surface area (Å²) in [5.74, 6) is -1.22. The number of anilines is 2. The summed E-state index contributed by atoms with van der Waals surface area (Å²) in [5, 5.41) is 12.3. The monoisotopic (exact) mass is 463 g/mol. The predicted octanol–water partition coefficient (Wildman–Crippen LogP) is 3.86. The predicted molar refractivity (Wildman–Crippen MR) is 128 cm³/mol. The number of nitrogens with zero attached hydrogens (tertiary/aromatic N) is 2. The van der Waals surface area contributed by atoms with Gasteiger partial charge in [0.25, 0.3) is 5.91 Å². The summed E-state index contributed by atoms with van der Waals surface area (Å²) < 4.78 is 19.4. The topological polar surface area (TPSA) is 82.1 Å². The van der Waals surface area contributed by atoms with Crippen LogP contribution in [0.1, 0.15) is 15.9 Å². The number of piperazine rings is 1. The van der Waals surface area contributed by atoms with Crippen molar-refractivity contribution in [2.45, 2.75) is 6.54 Å². The molecule has 4 rings (SSSR count). The fraction of sp³-hybridized carbons (Fsp3) is 0.231. The molecule has 0 spiro atoms. The maximum atomic E-state index is 13.9. The van der Waals surface area contributed by atoms with Crippen molar-refractivity contribution in [1.82, 2.24) is 4.90 Å². The second-order valence-electron chi connectivity index (χ2n) is 8.04. The average molecular weight is 464 g/mol. The fourth-order valence-corrected chi connectivity index (χ4v) is 3.90. The van der Waals surface area contributed by atoms with Crippen LogP contribution in [0.25, 0.3) is 0 Å². The molecule has 176 valence electrons. The van der Waals surface area contributed by atoms with Gasteiger partial charge in [-0.25, -0.2) is 9.18 Å². The zero-order valence-electron chi connectivity index (χ0n) is 18.6. The maximum absolute atomic E-state index is 13.9. The molecule has 0 saturated carbocycles. The first-order chi connectivity index (χ1) is 16.5. The summed E-state index contributed by atoms with van der Waals surface area (Å²) in [6, 6.07) is 20.7. The number of halogens is 1. The summed E-state index contributed by atoms with van der Waals surface area (Å²) in [6.45, 7) is 3.14. The Labute approximate surface area is 197 Å². The standard InChI is InChI=1S/C26H26FN3O4/c27-23-9-5-4-6-19(23)17-29-12-14-30(15-13-29)20-10-11-24(22(16-20)26(32)33)28-25(31)18-34-21-7-2-1-3-8-21/h1-11,16H,12-15,17-18H2,(H,28,31)(H,32,33). The molecule has 1 aliphatic heterocycles. The van der Waals surface area contributed by atoms with Gasteiger partial charge in [0.2, 0.25) is 0 Å². The summed E-state index contributed by atoms with van der Waals surface area (Å²) in [7, 11) is 0. The van der Waals surface area contributed by atoms with E-state index in [0.717, 1.165) is 18.8 Å². The van der Waals surface area contributed by atoms with E-state index in [-0.39, 0.29) is 23.7 Å². The molecule has 1 fully saturated rings. The Morgan fingerprint density at radius 3 is 2.35 bits per heavy atom. The highest BCUT2D eigenvalue weighted by Crippen LogP contribution is 2.25. The van der Waals surface area contributed by atoms with E-state index in [0.29, 0.717) is 30.9 Å². The van der Waals surface area contributed by atoms with Crippen LogP contribution in [0.5, 0.6) is 5.75 Å². The van der Waals surface area contributed by atoms with Crippen molar-refractivity contribution in [3.63, 3.8) is 0 Å². The van der Waals surface area contributed by atoms with Crippen LogP contribution < -0.4 is 15.0 Å². The minimum atomic E-state index is -1.13. The van der Waals surface area contributed by atoms with E-state index in [1.165, 1.54) is 6.07 Å². The molecule has 0 atom stereocenters. The van der Waals surface area contributed by atoms with Crippen LogP contribution in [0.15, 0.2) is 72.8 Å². The third kappa shape index (κ3) is 5.90. The highest BCUT2D eigenvalue weighted by molar-refractivity contribution is 6.01. The molecule has 8 heteroatoms. The summed E-state index contributed by atoms with van der Waals surface area (Å²) >= 11 is 0. The first-order valence-corrected chi connectivity index (χ1v) is 11.1. The highest BCUT2D eigenvalue weighted by atomic mass is 19.1. The van der Waals surface area contributed by atoms with Crippen molar-refractivity contribution >= 4 is 23.3 Å². The van der Waals surface area contributed by atoms with Crippen molar-refractivity contribution in [1.29, 1.82) is 0 Å². The van der Waals surface area contributed by atoms with Crippen LogP contribution in [0.2, 0.25) is 0 Å². The molecule has 0 unspecified atom stereocenters. The van der Waals surface area contributed by atoms with E-state index in [1.807, 2.05) is 12.1 Å². The van der Waals surface area contributed by atoms with Crippen molar-refractivity contribution in [3.8, 4) is 5.75 Å². The molecule has 34 heavy (non-hydrogen) atoms. The third-order valence-electron chi connectivity index (χ3n) is 5.71. The average Bonchev–Trinajstić information content (AvgIpc) is 2.85. The number of para-hydroxylation sites is 1. The number of amides is 1. The lowest BCUT2D eigenvalue weighted by Gasteiger charge is -2.36. The third-order valence-corrected chi connectivity index (χ3v) is 5.71. The lowest BCUT2D eigenvalue weighted by atomic mass is 10.1. The molecule has 1 heterocycles. The van der Waals surface area contributed by atoms with E-state index < -0.39 is 11.9 Å². The van der Waals surface area contributed by atoms with Crippen LogP contribution in [-0.2, 0) is 11.3 Å². The molecule has 7 nitrogen and oxygen atoms in total. The van der Waals surface area contributed by atoms with Gasteiger partial charge in [-0.05, 0) is 36.4 Å². The lowest BCUT2D eigenvalue weighted by molar-refractivity contribution is -0.118. The van der Waals surface area contributed by atoms with Gasteiger partial charge in [0.1, 0.15) is 11.6 Å². The van der Waals surface area contributed by atoms with E-state index in [1.54, 1.807) is 54.6 Å². The minimum absolute atomic E-state index is 0.0133. The second-order valence-corrected chi connectivity index (χ2v) is 8.04. The molecule has 0 aromatic heterocycles. The number of carboxylic acids is 1. The molecule has 1 aliphatic rings. The molecule has 2 N–H and O–H groups in total. The molecule has 0 aliphatic carbocycles. The van der Waals surface area contributed by atoms with Crippen LogP contribution in [-0.4, -0.2) is 54.7 Å². The molecule has 0 bridgehead atoms. The van der Waals surface area contributed by atoms with Crippen LogP contribution in [0.4, 0.5) is 15.8 Å². The number of ether oxygens (including phenoxy) is 1. The number of carboxylic acid groups (broad SMARTS) is 1. The molecule has 3 aromatic carbocycles. The van der Waals surface area contributed by atoms with Gasteiger partial charge in [-0.2, -0.15) is 0 Å². The first-order valence-electron chi connectivity index (χ1n) is 11.1. The normalized spacial score (nSPS) is 14.0. The Balaban J connectivity index is 1.36. The molecule has 3 aromatic rings. The SMILES string of the molecule is O=C(COc1ccccc1)Nc1ccc(N2CCN(Cc3ccccc3F)CC2)cc1C(=O)O. The molecule has 1 amide bonds. The van der Waals surface area contributed by atoms with Gasteiger partial charge in [-0.15, -0.1) is 0 Å². The number of aromatic carboxylic acids is 1. The van der Waals surface area contributed by atoms with E-state index in [4.69, 9.17) is 4.74 Å². The summed E-state index contributed by atoms with van der Waals surface area (Å²) in [5.41, 5.74) is 1.66. The molecular weight excluding hydrogens is 437 g/mol. The largest absolute Gasteiger partial charge is 0.484 e. The number of benzene rings is 3. The summed E-state index contributed by atoms with van der Waals surface area (Å²) in [6.07, 6.45) is 0. The van der Waals surface area contributed by atoms with E-state index >= 15 is 0 Å². The van der Waals surface area contributed by atoms with Crippen molar-refractivity contribution in [2.24, 2.45) is 0 Å². The Morgan fingerprint density at radius 2 is 1.65 bits per heavy atom. The first kappa shape index (κ1) is 23.3. The number of rotatable bonds is 8. The summed E-state index contributed by atoms with van der Waals surface area (Å²) in [4.78, 5) is 28.4. The number of hydrogen-bond donors (Lipinski definition) is 2. The van der Waals surface area contributed by atoms with E-state index in [2.05, 4.69) is 15.1 Å². The van der Waals surface area contributed by atoms with Gasteiger partial charge in [0, 0.05) is 44.0 Å². The number of nitrogens with one attached hydrogen (secondary N) is 1. The van der Waals surface area contributed by atoms with Gasteiger partial charge in [-0.3, -0.25) is 9.69 Å². The van der Waals surface area contributed by atoms with Crippen LogP contribution >= 0.6 is 0 Å². The zero-order chi connectivity index (χ0) is 23.9. The number of carbonyl (C=O) groups is 2. The smallest absolute Gasteiger partial charge is 0.337 e. The van der Waals surface area contributed by atoms with Crippen molar-refractivity contribution in [2.75, 3.05) is 43.0 Å². The van der Waals surface area contributed by atoms with Gasteiger partial charge >= 0.3 is 5.97 Å². The van der Waals surface area contributed by atoms with Gasteiger partial charge in [0.15, 0.2) is 6.61 Å². The Kier molecular flexibility index (Phi) is 7.39. The van der Waals surface area contributed by atoms with Gasteiger partial charge in [0.05, 0.1) is 11.3 Å². The molecule has 1 saturated heterocycles. The lowest BCUT2D eigenvalue weighted by Crippen LogP contribution is -2.46. The van der Waals surface area contributed by atoms with Crippen molar-refractivity contribution < 1.29 is 23.8 Å². The number of hydrogen-bond acceptors (Lipinski definition) is 5. The Morgan fingerprint density at radius 1 is 0.941 bits per heavy atom. The fourth-order valence-electron chi connectivity index (χ4n) is 3.90. The van der Waals surface area contributed by atoms with E-state index in [9.17, 15) is 19.1 Å². The molecule has 0 radical (unpaired) electrons. The maximum Gasteiger partial charge on any atom is 0.337 e. The zero-order valence-corrected chi connectivity index (χ0v) is 18.6. The van der Waals surface area contributed by atoms with Crippen LogP contribution in [0, 0.1) is 5.82 Å². The minimum Gasteiger partial charge on any atom is -0.484 e. The van der Waals surface area contributed by atoms with Crippen LogP contribution in [0.3, 0.4) is 0 Å². The number of carbonyl (C=O) groups excluding carboxylic acids is 1. The molecular formula is C26H26FN3O4. The Bertz CT molecular complexity index is 1150. The van der Waals surface area contributed by atoms with Gasteiger partial charge in [-0.1, -0.05) is 36.4 Å². The van der Waals surface area contributed by atoms with Gasteiger partial charge < -0.3 is 20.1 Å². The second kappa shape index (κ2) is 10.8.